The fourth-order valence-corrected chi connectivity index (χ4v) is 2.30. The van der Waals surface area contributed by atoms with Crippen molar-refractivity contribution in [2.45, 2.75) is 32.9 Å². The van der Waals surface area contributed by atoms with Gasteiger partial charge in [0.25, 0.3) is 0 Å². The van der Waals surface area contributed by atoms with E-state index in [0.717, 1.165) is 6.42 Å². The van der Waals surface area contributed by atoms with E-state index >= 15 is 0 Å². The molecule has 26 heavy (non-hydrogen) atoms. The molecule has 9 heteroatoms. The maximum atomic E-state index is 13.2. The van der Waals surface area contributed by atoms with Crippen LogP contribution in [0.4, 0.5) is 18.9 Å². The van der Waals surface area contributed by atoms with Gasteiger partial charge in [-0.15, -0.1) is 0 Å². The minimum atomic E-state index is -4.88. The molecular formula is C17H18F3N3O3. The number of aromatic carboxylic acids is 1. The molecule has 0 radical (unpaired) electrons. The highest BCUT2D eigenvalue weighted by atomic mass is 19.4. The molecule has 0 aliphatic carbocycles. The van der Waals surface area contributed by atoms with Gasteiger partial charge in [0.2, 0.25) is 5.91 Å². The van der Waals surface area contributed by atoms with Crippen LogP contribution < -0.4 is 5.32 Å². The Kier molecular flexibility index (Phi) is 5.69. The van der Waals surface area contributed by atoms with E-state index in [-0.39, 0.29) is 11.6 Å². The van der Waals surface area contributed by atoms with Gasteiger partial charge < -0.3 is 10.4 Å². The number of carboxylic acid groups (broad SMARTS) is 1. The molecule has 0 aliphatic rings. The fourth-order valence-electron chi connectivity index (χ4n) is 2.30. The topological polar surface area (TPSA) is 84.2 Å². The largest absolute Gasteiger partial charge is 0.478 e. The van der Waals surface area contributed by atoms with E-state index in [4.69, 9.17) is 5.11 Å². The number of amides is 1. The number of hydrogen-bond donors (Lipinski definition) is 2. The highest BCUT2D eigenvalue weighted by Gasteiger charge is 2.40. The van der Waals surface area contributed by atoms with E-state index in [1.54, 1.807) is 0 Å². The van der Waals surface area contributed by atoms with Crippen molar-refractivity contribution in [2.24, 2.45) is 5.92 Å². The number of carbonyl (C=O) groups is 2. The van der Waals surface area contributed by atoms with Crippen molar-refractivity contribution < 1.29 is 27.9 Å². The summed E-state index contributed by atoms with van der Waals surface area (Å²) in [6.07, 6.45) is -3.15. The molecule has 0 spiro atoms. The lowest BCUT2D eigenvalue weighted by Gasteiger charge is -2.12. The van der Waals surface area contributed by atoms with Crippen LogP contribution in [0.3, 0.4) is 0 Å². The smallest absolute Gasteiger partial charge is 0.434 e. The molecule has 0 atom stereocenters. The lowest BCUT2D eigenvalue weighted by atomic mass is 10.1. The van der Waals surface area contributed by atoms with Crippen molar-refractivity contribution in [3.63, 3.8) is 0 Å². The van der Waals surface area contributed by atoms with Crippen molar-refractivity contribution in [1.82, 2.24) is 9.78 Å². The number of rotatable bonds is 6. The lowest BCUT2D eigenvalue weighted by molar-refractivity contribution is -0.143. The number of hydrogen-bond acceptors (Lipinski definition) is 3. The average Bonchev–Trinajstić information content (AvgIpc) is 2.99. The Morgan fingerprint density at radius 1 is 1.23 bits per heavy atom. The Balaban J connectivity index is 2.24. The van der Waals surface area contributed by atoms with Crippen LogP contribution in [0.15, 0.2) is 30.5 Å². The van der Waals surface area contributed by atoms with E-state index in [9.17, 15) is 22.8 Å². The maximum absolute atomic E-state index is 13.2. The fraction of sp³-hybridized carbons (Fsp3) is 0.353. The van der Waals surface area contributed by atoms with Crippen molar-refractivity contribution in [3.8, 4) is 5.69 Å². The molecule has 1 amide bonds. The van der Waals surface area contributed by atoms with Gasteiger partial charge in [0.05, 0.1) is 11.9 Å². The van der Waals surface area contributed by atoms with Crippen LogP contribution in [-0.2, 0) is 11.0 Å². The minimum Gasteiger partial charge on any atom is -0.478 e. The number of carboxylic acids is 1. The van der Waals surface area contributed by atoms with E-state index in [0.29, 0.717) is 28.9 Å². The average molecular weight is 369 g/mol. The zero-order valence-electron chi connectivity index (χ0n) is 14.2. The van der Waals surface area contributed by atoms with Crippen LogP contribution in [0.5, 0.6) is 0 Å². The van der Waals surface area contributed by atoms with Crippen LogP contribution in [-0.4, -0.2) is 26.8 Å². The van der Waals surface area contributed by atoms with Gasteiger partial charge in [-0.05, 0) is 36.6 Å². The lowest BCUT2D eigenvalue weighted by Crippen LogP contribution is -2.17. The third-order valence-electron chi connectivity index (χ3n) is 3.61. The quantitative estimate of drug-likeness (QED) is 0.807. The standard InChI is InChI=1S/C17H18F3N3O3/c1-10(2)3-8-14(24)22-11-4-6-12(7-5-11)23-15(17(18,19)20)13(9-21-23)16(25)26/h4-7,9-10H,3,8H2,1-2H3,(H,22,24)(H,25,26). The first-order valence-corrected chi connectivity index (χ1v) is 7.88. The maximum Gasteiger partial charge on any atom is 0.434 e. The van der Waals surface area contributed by atoms with Gasteiger partial charge in [-0.2, -0.15) is 18.3 Å². The van der Waals surface area contributed by atoms with Crippen LogP contribution in [0, 0.1) is 5.92 Å². The molecule has 2 aromatic rings. The Morgan fingerprint density at radius 3 is 2.35 bits per heavy atom. The normalized spacial score (nSPS) is 11.6. The van der Waals surface area contributed by atoms with Gasteiger partial charge in [-0.3, -0.25) is 4.79 Å². The highest BCUT2D eigenvalue weighted by Crippen LogP contribution is 2.33. The number of aromatic nitrogens is 2. The number of halogens is 3. The van der Waals surface area contributed by atoms with Gasteiger partial charge in [-0.1, -0.05) is 13.8 Å². The SMILES string of the molecule is CC(C)CCC(=O)Nc1ccc(-n2ncc(C(=O)O)c2C(F)(F)F)cc1. The molecule has 0 aliphatic heterocycles. The van der Waals surface area contributed by atoms with Gasteiger partial charge in [0.1, 0.15) is 5.56 Å². The predicted octanol–water partition coefficient (Wildman–Crippen LogP) is 3.96. The monoisotopic (exact) mass is 369 g/mol. The molecule has 0 unspecified atom stereocenters. The second-order valence-corrected chi connectivity index (χ2v) is 6.15. The molecular weight excluding hydrogens is 351 g/mol. The van der Waals surface area contributed by atoms with Gasteiger partial charge in [0.15, 0.2) is 5.69 Å². The Bertz CT molecular complexity index is 796. The van der Waals surface area contributed by atoms with Crippen LogP contribution in [0.2, 0.25) is 0 Å². The molecule has 2 rings (SSSR count). The minimum absolute atomic E-state index is 0.0324. The summed E-state index contributed by atoms with van der Waals surface area (Å²) in [5, 5.41) is 15.1. The summed E-state index contributed by atoms with van der Waals surface area (Å²) < 4.78 is 40.1. The predicted molar refractivity (Wildman–Crippen MR) is 88.2 cm³/mol. The first kappa shape index (κ1) is 19.5. The Hall–Kier alpha value is -2.84. The van der Waals surface area contributed by atoms with Gasteiger partial charge in [0, 0.05) is 12.1 Å². The summed E-state index contributed by atoms with van der Waals surface area (Å²) in [5.74, 6) is -1.51. The van der Waals surface area contributed by atoms with Crippen molar-refractivity contribution >= 4 is 17.6 Å². The van der Waals surface area contributed by atoms with E-state index < -0.39 is 23.4 Å². The summed E-state index contributed by atoms with van der Waals surface area (Å²) in [6.45, 7) is 3.99. The highest BCUT2D eigenvalue weighted by molar-refractivity contribution is 5.91. The number of nitrogens with zero attached hydrogens (tertiary/aromatic N) is 2. The van der Waals surface area contributed by atoms with Gasteiger partial charge in [-0.25, -0.2) is 9.48 Å². The summed E-state index contributed by atoms with van der Waals surface area (Å²) >= 11 is 0. The number of nitrogens with one attached hydrogen (secondary N) is 1. The third kappa shape index (κ3) is 4.62. The van der Waals surface area contributed by atoms with Crippen molar-refractivity contribution in [2.75, 3.05) is 5.32 Å². The molecule has 1 aromatic carbocycles. The van der Waals surface area contributed by atoms with E-state index in [1.165, 1.54) is 24.3 Å². The summed E-state index contributed by atoms with van der Waals surface area (Å²) in [4.78, 5) is 22.8. The molecule has 1 heterocycles. The summed E-state index contributed by atoms with van der Waals surface area (Å²) in [7, 11) is 0. The second kappa shape index (κ2) is 7.59. The summed E-state index contributed by atoms with van der Waals surface area (Å²) in [6, 6.07) is 5.52. The zero-order chi connectivity index (χ0) is 19.5. The molecule has 0 fully saturated rings. The van der Waals surface area contributed by atoms with E-state index in [1.807, 2.05) is 13.8 Å². The molecule has 140 valence electrons. The van der Waals surface area contributed by atoms with Crippen LogP contribution >= 0.6 is 0 Å². The number of benzene rings is 1. The number of alkyl halides is 3. The van der Waals surface area contributed by atoms with Gasteiger partial charge >= 0.3 is 12.1 Å². The van der Waals surface area contributed by atoms with Crippen molar-refractivity contribution in [3.05, 3.63) is 41.7 Å². The molecule has 0 saturated heterocycles. The first-order chi connectivity index (χ1) is 12.1. The second-order valence-electron chi connectivity index (χ2n) is 6.15. The Labute approximate surface area is 147 Å². The number of carbonyl (C=O) groups excluding carboxylic acids is 1. The zero-order valence-corrected chi connectivity index (χ0v) is 14.2. The first-order valence-electron chi connectivity index (χ1n) is 7.88. The van der Waals surface area contributed by atoms with E-state index in [2.05, 4.69) is 10.4 Å². The molecule has 6 nitrogen and oxygen atoms in total. The molecule has 0 bridgehead atoms. The van der Waals surface area contributed by atoms with Crippen LogP contribution in [0.1, 0.15) is 42.7 Å². The molecule has 0 saturated carbocycles. The molecule has 2 N–H and O–H groups in total. The number of anilines is 1. The summed E-state index contributed by atoms with van der Waals surface area (Å²) in [5.41, 5.74) is -1.83. The molecule has 1 aromatic heterocycles. The Morgan fingerprint density at radius 2 is 1.85 bits per heavy atom. The third-order valence-corrected chi connectivity index (χ3v) is 3.61. The van der Waals surface area contributed by atoms with Crippen molar-refractivity contribution in [1.29, 1.82) is 0 Å². The van der Waals surface area contributed by atoms with Crippen LogP contribution in [0.25, 0.3) is 5.69 Å².